The van der Waals surface area contributed by atoms with Crippen LogP contribution in [-0.2, 0) is 6.42 Å². The van der Waals surface area contributed by atoms with Gasteiger partial charge in [-0.25, -0.2) is 4.39 Å². The zero-order valence-corrected chi connectivity index (χ0v) is 11.8. The largest absolute Gasteiger partial charge is 0.387 e. The molecule has 1 heterocycles. The second-order valence-corrected chi connectivity index (χ2v) is 5.49. The van der Waals surface area contributed by atoms with Gasteiger partial charge in [0.2, 0.25) is 0 Å². The van der Waals surface area contributed by atoms with Crippen molar-refractivity contribution in [2.45, 2.75) is 31.4 Å². The van der Waals surface area contributed by atoms with Crippen molar-refractivity contribution in [3.63, 3.8) is 0 Å². The quantitative estimate of drug-likeness (QED) is 0.908. The van der Waals surface area contributed by atoms with E-state index in [1.54, 1.807) is 30.6 Å². The van der Waals surface area contributed by atoms with Crippen molar-refractivity contribution in [2.24, 2.45) is 0 Å². The minimum Gasteiger partial charge on any atom is -0.387 e. The van der Waals surface area contributed by atoms with Crippen LogP contribution in [0.25, 0.3) is 0 Å². The van der Waals surface area contributed by atoms with E-state index in [0.29, 0.717) is 6.54 Å². The van der Waals surface area contributed by atoms with Gasteiger partial charge in [0.05, 0.1) is 6.10 Å². The highest BCUT2D eigenvalue weighted by molar-refractivity contribution is 5.33. The molecule has 1 aromatic carbocycles. The van der Waals surface area contributed by atoms with E-state index in [2.05, 4.69) is 10.3 Å². The number of aryl methyl sites for hydroxylation is 1. The Morgan fingerprint density at radius 1 is 1.29 bits per heavy atom. The maximum Gasteiger partial charge on any atom is 0.123 e. The summed E-state index contributed by atoms with van der Waals surface area (Å²) in [6, 6.07) is 8.73. The summed E-state index contributed by atoms with van der Waals surface area (Å²) >= 11 is 0. The van der Waals surface area contributed by atoms with Gasteiger partial charge in [-0.05, 0) is 60.2 Å². The van der Waals surface area contributed by atoms with E-state index in [1.165, 1.54) is 11.6 Å². The molecule has 0 bridgehead atoms. The predicted molar refractivity (Wildman–Crippen MR) is 79.3 cm³/mol. The standard InChI is InChI=1S/C17H19FN2O/c18-14-5-4-12-2-1-3-16(15(12)10-14)20-11-17(21)13-6-8-19-9-7-13/h4-10,16-17,20-21H,1-3,11H2. The monoisotopic (exact) mass is 286 g/mol. The lowest BCUT2D eigenvalue weighted by Gasteiger charge is -2.27. The maximum atomic E-state index is 13.4. The number of hydrogen-bond donors (Lipinski definition) is 2. The molecular formula is C17H19FN2O. The lowest BCUT2D eigenvalue weighted by molar-refractivity contribution is 0.168. The first-order chi connectivity index (χ1) is 10.2. The molecule has 3 rings (SSSR count). The summed E-state index contributed by atoms with van der Waals surface area (Å²) < 4.78 is 13.4. The molecule has 110 valence electrons. The molecule has 0 aliphatic heterocycles. The smallest absolute Gasteiger partial charge is 0.123 e. The first-order valence-corrected chi connectivity index (χ1v) is 7.34. The second kappa shape index (κ2) is 6.33. The molecule has 0 radical (unpaired) electrons. The van der Waals surface area contributed by atoms with E-state index in [4.69, 9.17) is 0 Å². The number of halogens is 1. The van der Waals surface area contributed by atoms with Crippen LogP contribution in [0.4, 0.5) is 4.39 Å². The van der Waals surface area contributed by atoms with Gasteiger partial charge in [0.1, 0.15) is 5.82 Å². The minimum absolute atomic E-state index is 0.112. The molecule has 21 heavy (non-hydrogen) atoms. The molecule has 2 aromatic rings. The highest BCUT2D eigenvalue weighted by Crippen LogP contribution is 2.30. The number of hydrogen-bond acceptors (Lipinski definition) is 3. The summed E-state index contributed by atoms with van der Waals surface area (Å²) in [4.78, 5) is 3.94. The Kier molecular flexibility index (Phi) is 4.27. The number of fused-ring (bicyclic) bond motifs is 1. The van der Waals surface area contributed by atoms with Gasteiger partial charge in [-0.2, -0.15) is 0 Å². The number of nitrogens with one attached hydrogen (secondary N) is 1. The molecular weight excluding hydrogens is 267 g/mol. The molecule has 2 unspecified atom stereocenters. The van der Waals surface area contributed by atoms with Crippen LogP contribution in [0.15, 0.2) is 42.7 Å². The van der Waals surface area contributed by atoms with Gasteiger partial charge in [0, 0.05) is 25.0 Å². The van der Waals surface area contributed by atoms with Crippen LogP contribution in [0.3, 0.4) is 0 Å². The molecule has 0 fully saturated rings. The molecule has 2 atom stereocenters. The zero-order valence-electron chi connectivity index (χ0n) is 11.8. The van der Waals surface area contributed by atoms with Crippen LogP contribution in [0.1, 0.15) is 41.7 Å². The number of benzene rings is 1. The van der Waals surface area contributed by atoms with Crippen molar-refractivity contribution >= 4 is 0 Å². The molecule has 0 spiro atoms. The van der Waals surface area contributed by atoms with Gasteiger partial charge in [0.25, 0.3) is 0 Å². The maximum absolute atomic E-state index is 13.4. The molecule has 3 nitrogen and oxygen atoms in total. The Hall–Kier alpha value is -1.78. The summed E-state index contributed by atoms with van der Waals surface area (Å²) in [5, 5.41) is 13.6. The van der Waals surface area contributed by atoms with E-state index in [1.807, 2.05) is 6.07 Å². The number of pyridine rings is 1. The fourth-order valence-corrected chi connectivity index (χ4v) is 2.94. The van der Waals surface area contributed by atoms with Gasteiger partial charge in [-0.3, -0.25) is 4.98 Å². The van der Waals surface area contributed by atoms with Gasteiger partial charge < -0.3 is 10.4 Å². The van der Waals surface area contributed by atoms with Crippen molar-refractivity contribution in [3.8, 4) is 0 Å². The zero-order chi connectivity index (χ0) is 14.7. The van der Waals surface area contributed by atoms with Crippen LogP contribution < -0.4 is 5.32 Å². The van der Waals surface area contributed by atoms with Gasteiger partial charge >= 0.3 is 0 Å². The van der Waals surface area contributed by atoms with E-state index < -0.39 is 6.10 Å². The fraction of sp³-hybridized carbons (Fsp3) is 0.353. The summed E-state index contributed by atoms with van der Waals surface area (Å²) in [5.41, 5.74) is 3.08. The average Bonchev–Trinajstić information content (AvgIpc) is 2.53. The molecule has 1 aliphatic rings. The van der Waals surface area contributed by atoms with Crippen LogP contribution in [-0.4, -0.2) is 16.6 Å². The SMILES string of the molecule is OC(CNC1CCCc2ccc(F)cc21)c1ccncc1. The van der Waals surface area contributed by atoms with Crippen LogP contribution >= 0.6 is 0 Å². The van der Waals surface area contributed by atoms with E-state index in [0.717, 1.165) is 30.4 Å². The lowest BCUT2D eigenvalue weighted by atomic mass is 9.87. The molecule has 0 saturated heterocycles. The van der Waals surface area contributed by atoms with Crippen molar-refractivity contribution in [3.05, 3.63) is 65.2 Å². The topological polar surface area (TPSA) is 45.1 Å². The summed E-state index contributed by atoms with van der Waals surface area (Å²) in [5.74, 6) is -0.197. The van der Waals surface area contributed by atoms with Crippen molar-refractivity contribution in [1.29, 1.82) is 0 Å². The Labute approximate surface area is 123 Å². The van der Waals surface area contributed by atoms with E-state index in [9.17, 15) is 9.50 Å². The van der Waals surface area contributed by atoms with E-state index >= 15 is 0 Å². The van der Waals surface area contributed by atoms with Crippen LogP contribution in [0, 0.1) is 5.82 Å². The molecule has 0 saturated carbocycles. The predicted octanol–water partition coefficient (Wildman–Crippen LogP) is 2.92. The first kappa shape index (κ1) is 14.2. The summed E-state index contributed by atoms with van der Waals surface area (Å²) in [6.45, 7) is 0.449. The molecule has 4 heteroatoms. The number of aliphatic hydroxyl groups excluding tert-OH is 1. The number of aliphatic hydroxyl groups is 1. The third kappa shape index (κ3) is 3.28. The van der Waals surface area contributed by atoms with Crippen molar-refractivity contribution in [1.82, 2.24) is 10.3 Å². The Bertz CT molecular complexity index is 603. The third-order valence-corrected chi connectivity index (χ3v) is 4.07. The third-order valence-electron chi connectivity index (χ3n) is 4.07. The normalized spacial score (nSPS) is 19.0. The summed E-state index contributed by atoms with van der Waals surface area (Å²) in [6.07, 6.45) is 5.82. The van der Waals surface area contributed by atoms with E-state index in [-0.39, 0.29) is 11.9 Å². The highest BCUT2D eigenvalue weighted by Gasteiger charge is 2.21. The van der Waals surface area contributed by atoms with Gasteiger partial charge in [0.15, 0.2) is 0 Å². The van der Waals surface area contributed by atoms with Gasteiger partial charge in [-0.15, -0.1) is 0 Å². The number of aromatic nitrogens is 1. The molecule has 2 N–H and O–H groups in total. The Morgan fingerprint density at radius 2 is 2.10 bits per heavy atom. The highest BCUT2D eigenvalue weighted by atomic mass is 19.1. The molecule has 1 aliphatic carbocycles. The van der Waals surface area contributed by atoms with Crippen LogP contribution in [0.5, 0.6) is 0 Å². The van der Waals surface area contributed by atoms with Crippen LogP contribution in [0.2, 0.25) is 0 Å². The average molecular weight is 286 g/mol. The minimum atomic E-state index is -0.577. The molecule has 1 aromatic heterocycles. The van der Waals surface area contributed by atoms with Crippen molar-refractivity contribution < 1.29 is 9.50 Å². The van der Waals surface area contributed by atoms with Gasteiger partial charge in [-0.1, -0.05) is 6.07 Å². The number of rotatable bonds is 4. The summed E-state index contributed by atoms with van der Waals surface area (Å²) in [7, 11) is 0. The fourth-order valence-electron chi connectivity index (χ4n) is 2.94. The number of nitrogens with zero attached hydrogens (tertiary/aromatic N) is 1. The van der Waals surface area contributed by atoms with Crippen molar-refractivity contribution in [2.75, 3.05) is 6.54 Å². The second-order valence-electron chi connectivity index (χ2n) is 5.49. The Morgan fingerprint density at radius 3 is 2.90 bits per heavy atom. The first-order valence-electron chi connectivity index (χ1n) is 7.34. The Balaban J connectivity index is 1.68. The lowest BCUT2D eigenvalue weighted by Crippen LogP contribution is -2.29. The molecule has 0 amide bonds.